The summed E-state index contributed by atoms with van der Waals surface area (Å²) in [5.41, 5.74) is 16.3. The van der Waals surface area contributed by atoms with E-state index in [-0.39, 0.29) is 10.1 Å². The Morgan fingerprint density at radius 2 is 0.465 bits per heavy atom. The molecule has 7 heteroatoms. The van der Waals surface area contributed by atoms with Crippen molar-refractivity contribution in [1.82, 2.24) is 0 Å². The van der Waals surface area contributed by atoms with Gasteiger partial charge >= 0.3 is 0 Å². The standard InChI is InChI=1S/C39H40OSi2.C34H38OSi2.C19H22Si/c1-6-41(4,36-29-19-11-20-30-36)38(3,33-23-13-8-14-24-33)39(34-25-15-9-16-26-34,35-27-17-10-18-28-35)40-42(5,7-2)37-31-21-12-22-32-37;1-7-36(5,31-25-17-11-18-26-31)33(3,4)34(29-21-13-9-14-22-29,30-23-15-10-16-24-30)35-37(6,8-2)32-27-19-12-20-28-32;1-5-19(3,17-13-9-7-10-14-17)20(4,6-2)18-15-11-8-12-16-18/h6-32H,1-2H2,3-5H3;7-28H,1-2H2,3-6H3;5-16H,1-2H2,3-4H3. The van der Waals surface area contributed by atoms with E-state index >= 15 is 0 Å². The minimum Gasteiger partial charge on any atom is -0.395 e. The molecule has 0 aromatic heterocycles. The third-order valence-electron chi connectivity index (χ3n) is 22.4. The maximum absolute atomic E-state index is 8.03. The normalized spacial score (nSPS) is 15.8. The van der Waals surface area contributed by atoms with Crippen LogP contribution in [0.25, 0.3) is 0 Å². The van der Waals surface area contributed by atoms with Gasteiger partial charge < -0.3 is 8.85 Å². The lowest BCUT2D eigenvalue weighted by atomic mass is 9.73. The van der Waals surface area contributed by atoms with Crippen LogP contribution in [-0.4, -0.2) is 40.9 Å². The third kappa shape index (κ3) is 13.9. The van der Waals surface area contributed by atoms with E-state index in [1.165, 1.54) is 37.1 Å². The quantitative estimate of drug-likeness (QED) is 0.0397. The number of hydrogen-bond donors (Lipinski definition) is 0. The van der Waals surface area contributed by atoms with Gasteiger partial charge in [-0.3, -0.25) is 0 Å². The van der Waals surface area contributed by atoms with Gasteiger partial charge in [0.25, 0.3) is 0 Å². The highest BCUT2D eigenvalue weighted by atomic mass is 28.4. The minimum atomic E-state index is -2.78. The van der Waals surface area contributed by atoms with E-state index in [1.54, 1.807) is 0 Å². The second kappa shape index (κ2) is 31.8. The van der Waals surface area contributed by atoms with Crippen LogP contribution in [0.5, 0.6) is 0 Å². The lowest BCUT2D eigenvalue weighted by molar-refractivity contribution is 0.0563. The van der Waals surface area contributed by atoms with E-state index in [1.807, 2.05) is 0 Å². The summed E-state index contributed by atoms with van der Waals surface area (Å²) in [6.45, 7) is 47.3. The topological polar surface area (TPSA) is 18.5 Å². The van der Waals surface area contributed by atoms with Gasteiger partial charge in [0.1, 0.15) is 35.4 Å². The fraction of sp³-hybridized carbons (Fsp3) is 0.152. The smallest absolute Gasteiger partial charge is 0.246 e. The van der Waals surface area contributed by atoms with Crippen LogP contribution in [-0.2, 0) is 30.1 Å². The molecule has 11 aromatic rings. The van der Waals surface area contributed by atoms with Crippen molar-refractivity contribution in [1.29, 1.82) is 0 Å². The molecule has 11 rings (SSSR count). The van der Waals surface area contributed by atoms with E-state index in [0.29, 0.717) is 0 Å². The van der Waals surface area contributed by atoms with E-state index in [4.69, 9.17) is 8.85 Å². The van der Waals surface area contributed by atoms with Crippen LogP contribution in [0.3, 0.4) is 0 Å². The molecule has 7 unspecified atom stereocenters. The summed E-state index contributed by atoms with van der Waals surface area (Å²) in [6, 6.07) is 119. The van der Waals surface area contributed by atoms with Gasteiger partial charge in [-0.05, 0) is 56.8 Å². The van der Waals surface area contributed by atoms with Gasteiger partial charge in [0.05, 0.1) is 0 Å². The first-order valence-corrected chi connectivity index (χ1v) is 47.2. The van der Waals surface area contributed by atoms with Crippen molar-refractivity contribution < 1.29 is 8.85 Å². The Bertz CT molecular complexity index is 4250. The molecular formula is C92H100O2Si5. The van der Waals surface area contributed by atoms with Gasteiger partial charge in [-0.15, -0.1) is 39.5 Å². The first kappa shape index (κ1) is 74.1. The van der Waals surface area contributed by atoms with Crippen LogP contribution in [0.1, 0.15) is 61.1 Å². The zero-order chi connectivity index (χ0) is 70.9. The van der Waals surface area contributed by atoms with Crippen molar-refractivity contribution in [3.05, 3.63) is 441 Å². The third-order valence-corrected chi connectivity index (χ3v) is 43.7. The summed E-state index contributed by atoms with van der Waals surface area (Å²) >= 11 is 0. The van der Waals surface area contributed by atoms with Gasteiger partial charge in [0.2, 0.25) is 16.6 Å². The first-order valence-electron chi connectivity index (χ1n) is 34.5. The van der Waals surface area contributed by atoms with E-state index < -0.39 is 57.1 Å². The summed E-state index contributed by atoms with van der Waals surface area (Å²) in [7, 11) is -12.5. The Hall–Kier alpha value is -9.14. The molecule has 2 nitrogen and oxygen atoms in total. The van der Waals surface area contributed by atoms with Gasteiger partial charge in [0.15, 0.2) is 0 Å². The lowest BCUT2D eigenvalue weighted by Gasteiger charge is -2.59. The maximum Gasteiger partial charge on any atom is 0.246 e. The highest BCUT2D eigenvalue weighted by Crippen LogP contribution is 2.60. The highest BCUT2D eigenvalue weighted by Gasteiger charge is 2.64. The Balaban J connectivity index is 0.000000184. The zero-order valence-electron chi connectivity index (χ0n) is 59.8. The average molecular weight is 1380 g/mol. The van der Waals surface area contributed by atoms with Gasteiger partial charge in [-0.25, -0.2) is 0 Å². The molecule has 0 radical (unpaired) electrons. The molecule has 0 saturated heterocycles. The second-order valence-corrected chi connectivity index (χ2v) is 47.9. The maximum atomic E-state index is 8.03. The molecule has 7 atom stereocenters. The number of rotatable bonds is 26. The molecule has 0 N–H and O–H groups in total. The largest absolute Gasteiger partial charge is 0.395 e. The van der Waals surface area contributed by atoms with Crippen LogP contribution in [0.2, 0.25) is 37.8 Å². The Morgan fingerprint density at radius 1 is 0.242 bits per heavy atom. The lowest BCUT2D eigenvalue weighted by Crippen LogP contribution is -2.71. The van der Waals surface area contributed by atoms with Crippen molar-refractivity contribution in [2.24, 2.45) is 0 Å². The molecule has 0 fully saturated rings. The second-order valence-electron chi connectivity index (χ2n) is 27.6. The molecule has 11 aromatic carbocycles. The van der Waals surface area contributed by atoms with Crippen LogP contribution in [0.4, 0.5) is 0 Å². The van der Waals surface area contributed by atoms with Crippen molar-refractivity contribution in [3.63, 3.8) is 0 Å². The van der Waals surface area contributed by atoms with Crippen LogP contribution in [0.15, 0.2) is 408 Å². The predicted octanol–water partition coefficient (Wildman–Crippen LogP) is 20.4. The molecule has 0 saturated carbocycles. The summed E-state index contributed by atoms with van der Waals surface area (Å²) in [4.78, 5) is 0. The fourth-order valence-corrected chi connectivity index (χ4v) is 30.8. The van der Waals surface area contributed by atoms with Crippen molar-refractivity contribution in [2.75, 3.05) is 0 Å². The SMILES string of the molecule is C=CC(C)(c1ccccc1)[Si](C)(C=C)c1ccccc1.C=C[Si](C)(OC(c1ccccc1)(c1ccccc1)C(C)(C)[Si](C)(C=C)c1ccccc1)c1ccccc1.C=C[Si](C)(OC(c1ccccc1)(c1ccccc1)C(C)(c1ccccc1)[Si](C)(C=C)c1ccccc1)c1ccccc1. The molecule has 500 valence electrons. The monoisotopic (exact) mass is 1380 g/mol. The van der Waals surface area contributed by atoms with Crippen molar-refractivity contribution >= 4 is 66.8 Å². The molecule has 0 aliphatic heterocycles. The number of benzene rings is 11. The Kier molecular flexibility index (Phi) is 23.8. The van der Waals surface area contributed by atoms with Gasteiger partial charge in [-0.2, -0.15) is 0 Å². The number of hydrogen-bond acceptors (Lipinski definition) is 2. The highest BCUT2D eigenvalue weighted by molar-refractivity contribution is 6.99. The molecule has 99 heavy (non-hydrogen) atoms. The van der Waals surface area contributed by atoms with Crippen LogP contribution in [0, 0.1) is 0 Å². The van der Waals surface area contributed by atoms with E-state index in [2.05, 4.69) is 468 Å². The molecular weight excluding hydrogens is 1280 g/mol. The summed E-state index contributed by atoms with van der Waals surface area (Å²) in [5, 5.41) is 5.46. The average Bonchev–Trinajstić information content (AvgIpc) is 0.693. The fourth-order valence-electron chi connectivity index (χ4n) is 15.1. The molecule has 0 bridgehead atoms. The predicted molar refractivity (Wildman–Crippen MR) is 441 cm³/mol. The first-order chi connectivity index (χ1) is 47.7. The zero-order valence-corrected chi connectivity index (χ0v) is 64.8. The van der Waals surface area contributed by atoms with E-state index in [0.717, 1.165) is 22.3 Å². The van der Waals surface area contributed by atoms with Gasteiger partial charge in [0, 0.05) is 15.1 Å². The molecule has 0 amide bonds. The summed E-state index contributed by atoms with van der Waals surface area (Å²) in [5.74, 6) is 0. The Morgan fingerprint density at radius 3 is 0.737 bits per heavy atom. The summed E-state index contributed by atoms with van der Waals surface area (Å²) < 4.78 is 15.8. The molecule has 0 spiro atoms. The van der Waals surface area contributed by atoms with E-state index in [9.17, 15) is 0 Å². The molecule has 0 aliphatic rings. The van der Waals surface area contributed by atoms with Crippen molar-refractivity contribution in [3.8, 4) is 0 Å². The minimum absolute atomic E-state index is 0.0721. The van der Waals surface area contributed by atoms with Crippen LogP contribution >= 0.6 is 0 Å². The molecule has 0 heterocycles. The van der Waals surface area contributed by atoms with Crippen LogP contribution < -0.4 is 25.9 Å². The molecule has 0 aliphatic carbocycles. The number of allylic oxidation sites excluding steroid dienone is 1. The summed E-state index contributed by atoms with van der Waals surface area (Å²) in [6.07, 6.45) is 2.10. The van der Waals surface area contributed by atoms with Gasteiger partial charge in [-0.1, -0.05) is 431 Å². The van der Waals surface area contributed by atoms with Crippen molar-refractivity contribution in [2.45, 2.75) is 86.7 Å². The Labute approximate surface area is 599 Å².